The molecule has 170 valence electrons. The van der Waals surface area contributed by atoms with Gasteiger partial charge >= 0.3 is 6.03 Å². The van der Waals surface area contributed by atoms with E-state index in [2.05, 4.69) is 15.3 Å². The van der Waals surface area contributed by atoms with Gasteiger partial charge in [-0.25, -0.2) is 9.78 Å². The van der Waals surface area contributed by atoms with Gasteiger partial charge in [0.25, 0.3) is 0 Å². The number of hydrogen-bond acceptors (Lipinski definition) is 8. The second kappa shape index (κ2) is 9.19. The quantitative estimate of drug-likeness (QED) is 0.574. The molecule has 0 aliphatic carbocycles. The Morgan fingerprint density at radius 2 is 2.16 bits per heavy atom. The number of hydrogen-bond donors (Lipinski definition) is 3. The van der Waals surface area contributed by atoms with Crippen LogP contribution in [0, 0.1) is 11.4 Å². The van der Waals surface area contributed by atoms with Gasteiger partial charge in [-0.05, 0) is 31.6 Å². The average molecular weight is 455 g/mol. The molecule has 2 aliphatic heterocycles. The van der Waals surface area contributed by atoms with Crippen molar-refractivity contribution >= 4 is 32.7 Å². The molecule has 4 rings (SSSR count). The van der Waals surface area contributed by atoms with Crippen LogP contribution in [0.3, 0.4) is 0 Å². The Morgan fingerprint density at radius 3 is 2.84 bits per heavy atom. The van der Waals surface area contributed by atoms with E-state index in [0.717, 1.165) is 0 Å². The number of likely N-dealkylation sites (tertiary alicyclic amines) is 1. The van der Waals surface area contributed by atoms with Gasteiger partial charge in [0.15, 0.2) is 5.13 Å². The van der Waals surface area contributed by atoms with Crippen molar-refractivity contribution in [3.63, 3.8) is 0 Å². The van der Waals surface area contributed by atoms with E-state index >= 15 is 0 Å². The van der Waals surface area contributed by atoms with E-state index in [1.807, 2.05) is 0 Å². The van der Waals surface area contributed by atoms with Crippen LogP contribution in [0.4, 0.5) is 14.3 Å². The van der Waals surface area contributed by atoms with Crippen molar-refractivity contribution in [2.24, 2.45) is 5.41 Å². The van der Waals surface area contributed by atoms with Gasteiger partial charge < -0.3 is 24.6 Å². The molecular weight excluding hydrogens is 427 g/mol. The highest BCUT2D eigenvalue weighted by molar-refractivity contribution is 7.22. The third-order valence-electron chi connectivity index (χ3n) is 6.24. The Hall–Kier alpha value is -2.08. The molecule has 0 radical (unpaired) electrons. The molecule has 2 aromatic heterocycles. The van der Waals surface area contributed by atoms with Crippen molar-refractivity contribution in [3.05, 3.63) is 11.5 Å². The fourth-order valence-electron chi connectivity index (χ4n) is 4.41. The van der Waals surface area contributed by atoms with E-state index in [1.54, 1.807) is 4.90 Å². The fraction of sp³-hybridized carbons (Fsp3) is 0.650. The van der Waals surface area contributed by atoms with Gasteiger partial charge in [-0.15, -0.1) is 0 Å². The molecule has 31 heavy (non-hydrogen) atoms. The van der Waals surface area contributed by atoms with Crippen LogP contribution in [0.2, 0.25) is 0 Å². The second-order valence-electron chi connectivity index (χ2n) is 8.14. The largest absolute Gasteiger partial charge is 0.479 e. The summed E-state index contributed by atoms with van der Waals surface area (Å²) in [4.78, 5) is 22.8. The molecule has 0 aromatic carbocycles. The van der Waals surface area contributed by atoms with Crippen LogP contribution in [0.25, 0.3) is 10.2 Å². The van der Waals surface area contributed by atoms with Gasteiger partial charge in [0.2, 0.25) is 11.8 Å². The van der Waals surface area contributed by atoms with Gasteiger partial charge in [-0.2, -0.15) is 9.37 Å². The van der Waals surface area contributed by atoms with E-state index in [1.165, 1.54) is 18.4 Å². The minimum atomic E-state index is -0.575. The number of aliphatic hydroxyl groups excluding tert-OH is 2. The maximum atomic E-state index is 14.9. The first-order valence-corrected chi connectivity index (χ1v) is 11.2. The first-order valence-electron chi connectivity index (χ1n) is 10.4. The summed E-state index contributed by atoms with van der Waals surface area (Å²) in [5.41, 5.74) is 0.448. The lowest BCUT2D eigenvalue weighted by Crippen LogP contribution is -2.37. The van der Waals surface area contributed by atoms with Gasteiger partial charge in [0.05, 0.1) is 18.4 Å². The summed E-state index contributed by atoms with van der Waals surface area (Å²) in [6.07, 6.45) is 2.45. The summed E-state index contributed by atoms with van der Waals surface area (Å²) < 4.78 is 26.1. The Balaban J connectivity index is 1.59. The van der Waals surface area contributed by atoms with Gasteiger partial charge in [0.1, 0.15) is 5.52 Å². The first kappa shape index (κ1) is 22.1. The number of methoxy groups -OCH3 is 1. The molecule has 2 saturated heterocycles. The minimum absolute atomic E-state index is 0.0270. The van der Waals surface area contributed by atoms with Crippen LogP contribution >= 0.6 is 11.3 Å². The van der Waals surface area contributed by atoms with E-state index in [4.69, 9.17) is 9.47 Å². The molecule has 0 bridgehead atoms. The fourth-order valence-corrected chi connectivity index (χ4v) is 5.47. The molecule has 9 nitrogen and oxygen atoms in total. The van der Waals surface area contributed by atoms with E-state index in [9.17, 15) is 19.4 Å². The third kappa shape index (κ3) is 4.32. The van der Waals surface area contributed by atoms with Crippen molar-refractivity contribution in [2.75, 3.05) is 51.9 Å². The molecule has 2 aromatic rings. The number of carbonyl (C=O) groups is 1. The van der Waals surface area contributed by atoms with Crippen molar-refractivity contribution in [2.45, 2.75) is 31.6 Å². The van der Waals surface area contributed by atoms with Crippen molar-refractivity contribution in [3.8, 4) is 5.88 Å². The topological polar surface area (TPSA) is 117 Å². The first-order chi connectivity index (χ1) is 15.0. The van der Waals surface area contributed by atoms with Gasteiger partial charge in [-0.1, -0.05) is 11.3 Å². The van der Waals surface area contributed by atoms with Gasteiger partial charge in [0, 0.05) is 43.9 Å². The molecule has 11 heteroatoms. The number of ether oxygens (including phenoxy) is 2. The Morgan fingerprint density at radius 1 is 1.39 bits per heavy atom. The van der Waals surface area contributed by atoms with E-state index in [-0.39, 0.29) is 31.0 Å². The summed E-state index contributed by atoms with van der Waals surface area (Å²) in [5.74, 6) is -0.515. The van der Waals surface area contributed by atoms with Crippen LogP contribution in [0.15, 0.2) is 0 Å². The lowest BCUT2D eigenvalue weighted by atomic mass is 9.85. The molecule has 4 heterocycles. The molecular formula is C20H27FN4O5S. The lowest BCUT2D eigenvalue weighted by molar-refractivity contribution is 0.0847. The molecule has 2 fully saturated rings. The van der Waals surface area contributed by atoms with Crippen molar-refractivity contribution in [1.29, 1.82) is 0 Å². The molecule has 2 aliphatic rings. The Kier molecular flexibility index (Phi) is 6.56. The number of aromatic nitrogens is 2. The third-order valence-corrected chi connectivity index (χ3v) is 7.24. The van der Waals surface area contributed by atoms with E-state index in [0.29, 0.717) is 72.9 Å². The SMILES string of the molecule is COc1nc(F)c(C2CCOCC2)c2sc(NC(=O)N3CC[C@@](CO)(CCO)C3)nc12. The second-order valence-corrected chi connectivity index (χ2v) is 9.14. The highest BCUT2D eigenvalue weighted by Crippen LogP contribution is 2.41. The highest BCUT2D eigenvalue weighted by atomic mass is 32.1. The number of carbonyl (C=O) groups excluding carboxylic acids is 1. The van der Waals surface area contributed by atoms with Crippen LogP contribution in [0.5, 0.6) is 5.88 Å². The number of nitrogens with zero attached hydrogens (tertiary/aromatic N) is 3. The summed E-state index contributed by atoms with van der Waals surface area (Å²) in [7, 11) is 1.41. The van der Waals surface area contributed by atoms with Crippen molar-refractivity contribution in [1.82, 2.24) is 14.9 Å². The summed E-state index contributed by atoms with van der Waals surface area (Å²) >= 11 is 1.20. The van der Waals surface area contributed by atoms with Gasteiger partial charge in [-0.3, -0.25) is 5.32 Å². The smallest absolute Gasteiger partial charge is 0.323 e. The zero-order valence-electron chi connectivity index (χ0n) is 17.4. The number of thiazole rings is 1. The standard InChI is InChI=1S/C20H27FN4O5S/c1-29-17-14-15(13(16(21)23-17)12-2-8-30-9-3-12)31-18(22-14)24-19(28)25-6-4-20(10-25,11-27)5-7-26/h12,26-27H,2-11H2,1H3,(H,22,24,28)/t20-/m1/s1. The lowest BCUT2D eigenvalue weighted by Gasteiger charge is -2.26. The summed E-state index contributed by atoms with van der Waals surface area (Å²) in [5, 5.41) is 22.1. The maximum Gasteiger partial charge on any atom is 0.323 e. The van der Waals surface area contributed by atoms with Crippen LogP contribution in [-0.4, -0.2) is 77.7 Å². The van der Waals surface area contributed by atoms with Crippen molar-refractivity contribution < 1.29 is 28.9 Å². The van der Waals surface area contributed by atoms with Crippen LogP contribution in [0.1, 0.15) is 37.2 Å². The Bertz CT molecular complexity index is 951. The molecule has 2 amide bonds. The minimum Gasteiger partial charge on any atom is -0.479 e. The predicted molar refractivity (Wildman–Crippen MR) is 113 cm³/mol. The molecule has 0 saturated carbocycles. The monoisotopic (exact) mass is 454 g/mol. The van der Waals surface area contributed by atoms with Crippen LogP contribution in [-0.2, 0) is 4.74 Å². The number of halogens is 1. The number of nitrogens with one attached hydrogen (secondary N) is 1. The predicted octanol–water partition coefficient (Wildman–Crippen LogP) is 2.33. The number of anilines is 1. The normalized spacial score (nSPS) is 22.3. The number of rotatable bonds is 6. The number of urea groups is 1. The van der Waals surface area contributed by atoms with E-state index < -0.39 is 11.4 Å². The summed E-state index contributed by atoms with van der Waals surface area (Å²) in [6.45, 7) is 1.83. The Labute approximate surface area is 183 Å². The number of fused-ring (bicyclic) bond motifs is 1. The average Bonchev–Trinajstić information content (AvgIpc) is 3.39. The zero-order valence-corrected chi connectivity index (χ0v) is 18.2. The molecule has 0 spiro atoms. The highest BCUT2D eigenvalue weighted by Gasteiger charge is 2.39. The molecule has 3 N–H and O–H groups in total. The molecule has 1 atom stereocenters. The zero-order chi connectivity index (χ0) is 22.0. The van der Waals surface area contributed by atoms with Crippen LogP contribution < -0.4 is 10.1 Å². The number of aliphatic hydroxyl groups is 2. The number of pyridine rings is 1. The maximum absolute atomic E-state index is 14.9. The molecule has 0 unspecified atom stereocenters. The number of amides is 2. The summed E-state index contributed by atoms with van der Waals surface area (Å²) in [6, 6.07) is -0.340.